The van der Waals surface area contributed by atoms with Gasteiger partial charge in [-0.3, -0.25) is 0 Å². The fourth-order valence-corrected chi connectivity index (χ4v) is 3.87. The fraction of sp³-hybridized carbons (Fsp3) is 0.333. The maximum atomic E-state index is 12.3. The highest BCUT2D eigenvalue weighted by Gasteiger charge is 2.19. The molecule has 0 spiro atoms. The van der Waals surface area contributed by atoms with Crippen molar-refractivity contribution in [1.82, 2.24) is 4.72 Å². The van der Waals surface area contributed by atoms with Crippen LogP contribution in [-0.4, -0.2) is 33.3 Å². The van der Waals surface area contributed by atoms with Crippen LogP contribution in [0.15, 0.2) is 46.7 Å². The van der Waals surface area contributed by atoms with Crippen molar-refractivity contribution >= 4 is 21.4 Å². The second-order valence-electron chi connectivity index (χ2n) is 4.77. The molecule has 0 saturated heterocycles. The first-order valence-electron chi connectivity index (χ1n) is 6.85. The molecule has 0 fully saturated rings. The minimum atomic E-state index is -3.58. The van der Waals surface area contributed by atoms with Gasteiger partial charge < -0.3 is 9.84 Å². The van der Waals surface area contributed by atoms with Gasteiger partial charge in [0.15, 0.2) is 0 Å². The van der Waals surface area contributed by atoms with Gasteiger partial charge in [0.25, 0.3) is 0 Å². The maximum absolute atomic E-state index is 12.3. The third-order valence-electron chi connectivity index (χ3n) is 3.03. The highest BCUT2D eigenvalue weighted by atomic mass is 32.2. The van der Waals surface area contributed by atoms with E-state index < -0.39 is 16.1 Å². The van der Waals surface area contributed by atoms with Gasteiger partial charge >= 0.3 is 0 Å². The lowest BCUT2D eigenvalue weighted by Crippen LogP contribution is -2.29. The van der Waals surface area contributed by atoms with Gasteiger partial charge in [-0.15, -0.1) is 11.3 Å². The molecule has 22 heavy (non-hydrogen) atoms. The Kier molecular flexibility index (Phi) is 6.10. The van der Waals surface area contributed by atoms with Crippen LogP contribution < -0.4 is 4.72 Å². The summed E-state index contributed by atoms with van der Waals surface area (Å²) in [6, 6.07) is 10.5. The maximum Gasteiger partial charge on any atom is 0.240 e. The number of hydrogen-bond acceptors (Lipinski definition) is 5. The quantitative estimate of drug-likeness (QED) is 0.771. The molecule has 5 nitrogen and oxygen atoms in total. The van der Waals surface area contributed by atoms with Crippen molar-refractivity contribution < 1.29 is 18.3 Å². The standard InChI is InChI=1S/C15H19NO4S2/c1-12-4-2-5-13(10-12)22(18,19)16-11-14(20-8-7-17)15-6-3-9-21-15/h2-6,9-10,14,16-17H,7-8,11H2,1H3/t14-/m1/s1. The second kappa shape index (κ2) is 7.85. The van der Waals surface area contributed by atoms with Crippen molar-refractivity contribution in [1.29, 1.82) is 0 Å². The fourth-order valence-electron chi connectivity index (χ4n) is 1.96. The molecule has 0 aliphatic heterocycles. The van der Waals surface area contributed by atoms with Crippen molar-refractivity contribution in [3.8, 4) is 0 Å². The van der Waals surface area contributed by atoms with E-state index in [1.54, 1.807) is 18.2 Å². The molecule has 2 aromatic rings. The van der Waals surface area contributed by atoms with Crippen molar-refractivity contribution in [2.45, 2.75) is 17.9 Å². The summed E-state index contributed by atoms with van der Waals surface area (Å²) in [4.78, 5) is 1.15. The number of nitrogens with one attached hydrogen (secondary N) is 1. The van der Waals surface area contributed by atoms with Crippen LogP contribution in [0.3, 0.4) is 0 Å². The van der Waals surface area contributed by atoms with Gasteiger partial charge in [-0.05, 0) is 36.1 Å². The summed E-state index contributed by atoms with van der Waals surface area (Å²) in [7, 11) is -3.58. The zero-order valence-electron chi connectivity index (χ0n) is 12.2. The average Bonchev–Trinajstić information content (AvgIpc) is 3.01. The minimum absolute atomic E-state index is 0.105. The summed E-state index contributed by atoms with van der Waals surface area (Å²) in [5.74, 6) is 0. The predicted molar refractivity (Wildman–Crippen MR) is 86.5 cm³/mol. The van der Waals surface area contributed by atoms with Crippen LogP contribution in [0.4, 0.5) is 0 Å². The van der Waals surface area contributed by atoms with Crippen LogP contribution in [-0.2, 0) is 14.8 Å². The molecule has 1 aromatic heterocycles. The largest absolute Gasteiger partial charge is 0.394 e. The number of rotatable bonds is 8. The Morgan fingerprint density at radius 3 is 2.77 bits per heavy atom. The van der Waals surface area contributed by atoms with Crippen LogP contribution in [0, 0.1) is 6.92 Å². The number of hydrogen-bond donors (Lipinski definition) is 2. The highest BCUT2D eigenvalue weighted by Crippen LogP contribution is 2.22. The van der Waals surface area contributed by atoms with Crippen molar-refractivity contribution in [2.24, 2.45) is 0 Å². The zero-order valence-corrected chi connectivity index (χ0v) is 13.9. The van der Waals surface area contributed by atoms with E-state index in [1.807, 2.05) is 30.5 Å². The summed E-state index contributed by atoms with van der Waals surface area (Å²) in [6.07, 6.45) is -0.410. The molecule has 0 unspecified atom stereocenters. The number of aliphatic hydroxyl groups excluding tert-OH is 1. The molecule has 1 aromatic carbocycles. The molecule has 0 bridgehead atoms. The molecule has 120 valence electrons. The Labute approximate surface area is 134 Å². The molecule has 0 radical (unpaired) electrons. The SMILES string of the molecule is Cc1cccc(S(=O)(=O)NC[C@@H](OCCO)c2cccs2)c1. The molecule has 0 amide bonds. The number of aryl methyl sites for hydroxylation is 1. The predicted octanol–water partition coefficient (Wildman–Crippen LogP) is 2.09. The zero-order chi connectivity index (χ0) is 16.0. The summed E-state index contributed by atoms with van der Waals surface area (Å²) < 4.78 is 32.7. The first-order valence-corrected chi connectivity index (χ1v) is 9.21. The topological polar surface area (TPSA) is 75.6 Å². The van der Waals surface area contributed by atoms with E-state index in [0.717, 1.165) is 10.4 Å². The van der Waals surface area contributed by atoms with Gasteiger partial charge in [-0.25, -0.2) is 13.1 Å². The van der Waals surface area contributed by atoms with E-state index in [4.69, 9.17) is 9.84 Å². The van der Waals surface area contributed by atoms with Crippen LogP contribution in [0.5, 0.6) is 0 Å². The Hall–Kier alpha value is -1.25. The summed E-state index contributed by atoms with van der Waals surface area (Å²) in [5, 5.41) is 10.8. The number of thiophene rings is 1. The molecular weight excluding hydrogens is 322 g/mol. The lowest BCUT2D eigenvalue weighted by molar-refractivity contribution is 0.0328. The van der Waals surface area contributed by atoms with Gasteiger partial charge in [0.2, 0.25) is 10.0 Å². The van der Waals surface area contributed by atoms with E-state index in [2.05, 4.69) is 4.72 Å². The highest BCUT2D eigenvalue weighted by molar-refractivity contribution is 7.89. The van der Waals surface area contributed by atoms with Gasteiger partial charge in [0, 0.05) is 11.4 Å². The van der Waals surface area contributed by atoms with Gasteiger partial charge in [0.1, 0.15) is 6.10 Å². The lowest BCUT2D eigenvalue weighted by Gasteiger charge is -2.17. The number of aliphatic hydroxyl groups is 1. The Morgan fingerprint density at radius 2 is 2.14 bits per heavy atom. The van der Waals surface area contributed by atoms with E-state index >= 15 is 0 Å². The molecule has 2 N–H and O–H groups in total. The smallest absolute Gasteiger partial charge is 0.240 e. The Morgan fingerprint density at radius 1 is 1.32 bits per heavy atom. The number of benzene rings is 1. The summed E-state index contributed by atoms with van der Waals surface area (Å²) in [6.45, 7) is 2.02. The molecule has 1 heterocycles. The average molecular weight is 341 g/mol. The summed E-state index contributed by atoms with van der Waals surface area (Å²) >= 11 is 1.49. The van der Waals surface area contributed by atoms with E-state index in [0.29, 0.717) is 0 Å². The second-order valence-corrected chi connectivity index (χ2v) is 7.51. The minimum Gasteiger partial charge on any atom is -0.394 e. The number of ether oxygens (including phenoxy) is 1. The van der Waals surface area contributed by atoms with Crippen LogP contribution in [0.25, 0.3) is 0 Å². The monoisotopic (exact) mass is 341 g/mol. The molecular formula is C15H19NO4S2. The Bertz CT molecular complexity index is 683. The first-order chi connectivity index (χ1) is 10.5. The molecule has 0 aliphatic carbocycles. The van der Waals surface area contributed by atoms with Crippen LogP contribution in [0.1, 0.15) is 16.5 Å². The molecule has 1 atom stereocenters. The summed E-state index contributed by atoms with van der Waals surface area (Å²) in [5.41, 5.74) is 0.884. The normalized spacial score (nSPS) is 13.2. The molecule has 7 heteroatoms. The van der Waals surface area contributed by atoms with Gasteiger partial charge in [0.05, 0.1) is 18.1 Å². The van der Waals surface area contributed by atoms with Crippen LogP contribution in [0.2, 0.25) is 0 Å². The van der Waals surface area contributed by atoms with Crippen molar-refractivity contribution in [2.75, 3.05) is 19.8 Å². The number of sulfonamides is 1. The molecule has 0 saturated carbocycles. The van der Waals surface area contributed by atoms with E-state index in [-0.39, 0.29) is 24.7 Å². The van der Waals surface area contributed by atoms with E-state index in [1.165, 1.54) is 11.3 Å². The van der Waals surface area contributed by atoms with Crippen molar-refractivity contribution in [3.63, 3.8) is 0 Å². The molecule has 0 aliphatic rings. The molecule has 2 rings (SSSR count). The third kappa shape index (κ3) is 4.62. The van der Waals surface area contributed by atoms with Gasteiger partial charge in [-0.2, -0.15) is 0 Å². The van der Waals surface area contributed by atoms with Crippen molar-refractivity contribution in [3.05, 3.63) is 52.2 Å². The third-order valence-corrected chi connectivity index (χ3v) is 5.42. The lowest BCUT2D eigenvalue weighted by atomic mass is 10.2. The van der Waals surface area contributed by atoms with Crippen LogP contribution >= 0.6 is 11.3 Å². The Balaban J connectivity index is 2.08. The van der Waals surface area contributed by atoms with E-state index in [9.17, 15) is 8.42 Å². The van der Waals surface area contributed by atoms with Gasteiger partial charge in [-0.1, -0.05) is 18.2 Å². The first kappa shape index (κ1) is 17.1.